The van der Waals surface area contributed by atoms with E-state index in [1.54, 1.807) is 0 Å². The summed E-state index contributed by atoms with van der Waals surface area (Å²) in [5.41, 5.74) is 3.35. The van der Waals surface area contributed by atoms with Gasteiger partial charge in [0.1, 0.15) is 5.75 Å². The van der Waals surface area contributed by atoms with Gasteiger partial charge >= 0.3 is 0 Å². The lowest BCUT2D eigenvalue weighted by Crippen LogP contribution is -2.31. The van der Waals surface area contributed by atoms with Crippen molar-refractivity contribution in [1.29, 1.82) is 0 Å². The zero-order chi connectivity index (χ0) is 18.8. The van der Waals surface area contributed by atoms with E-state index in [9.17, 15) is 4.79 Å². The van der Waals surface area contributed by atoms with E-state index in [-0.39, 0.29) is 12.1 Å². The van der Waals surface area contributed by atoms with Gasteiger partial charge in [-0.2, -0.15) is 0 Å². The lowest BCUT2D eigenvalue weighted by atomic mass is 9.81. The van der Waals surface area contributed by atoms with E-state index in [2.05, 4.69) is 70.4 Å². The third-order valence-electron chi connectivity index (χ3n) is 4.95. The van der Waals surface area contributed by atoms with Crippen LogP contribution in [0.15, 0.2) is 54.6 Å². The van der Waals surface area contributed by atoms with Gasteiger partial charge < -0.3 is 14.8 Å². The molecule has 0 bridgehead atoms. The number of halogens is 1. The van der Waals surface area contributed by atoms with Crippen molar-refractivity contribution in [3.8, 4) is 5.75 Å². The van der Waals surface area contributed by atoms with Gasteiger partial charge in [-0.25, -0.2) is 0 Å². The highest BCUT2D eigenvalue weighted by atomic mass is 127. The smallest absolute Gasteiger partial charge is 0.294 e. The number of hydrogen-bond acceptors (Lipinski definition) is 4. The van der Waals surface area contributed by atoms with Gasteiger partial charge in [-0.15, -0.1) is 0 Å². The van der Waals surface area contributed by atoms with Gasteiger partial charge in [-0.05, 0) is 70.1 Å². The Morgan fingerprint density at radius 3 is 2.85 bits per heavy atom. The van der Waals surface area contributed by atoms with Crippen LogP contribution >= 0.6 is 22.6 Å². The van der Waals surface area contributed by atoms with Crippen LogP contribution in [0.3, 0.4) is 0 Å². The van der Waals surface area contributed by atoms with Crippen LogP contribution < -0.4 is 10.1 Å². The van der Waals surface area contributed by atoms with Crippen LogP contribution in [-0.4, -0.2) is 19.3 Å². The first kappa shape index (κ1) is 18.1. The van der Waals surface area contributed by atoms with Gasteiger partial charge in [-0.1, -0.05) is 30.3 Å². The summed E-state index contributed by atoms with van der Waals surface area (Å²) in [6.07, 6.45) is 0.286. The van der Waals surface area contributed by atoms with Crippen LogP contribution in [0.4, 0.5) is 5.69 Å². The molecule has 0 spiro atoms. The lowest BCUT2D eigenvalue weighted by Gasteiger charge is -2.33. The lowest BCUT2D eigenvalue weighted by molar-refractivity contribution is -0.132. The molecule has 3 aromatic carbocycles. The van der Waals surface area contributed by atoms with Gasteiger partial charge in [-0.3, -0.25) is 4.79 Å². The molecule has 1 aliphatic heterocycles. The Hall–Kier alpha value is -2.28. The van der Waals surface area contributed by atoms with E-state index >= 15 is 0 Å². The molecule has 27 heavy (non-hydrogen) atoms. The molecule has 0 radical (unpaired) electrons. The second-order valence-corrected chi connectivity index (χ2v) is 7.76. The van der Waals surface area contributed by atoms with Crippen LogP contribution in [-0.2, 0) is 9.53 Å². The van der Waals surface area contributed by atoms with Crippen LogP contribution in [0.1, 0.15) is 30.4 Å². The zero-order valence-electron chi connectivity index (χ0n) is 14.9. The summed E-state index contributed by atoms with van der Waals surface area (Å²) in [4.78, 5) is 11.0. The number of carbonyl (C=O) groups is 1. The molecule has 138 valence electrons. The number of hydrogen-bond donors (Lipinski definition) is 1. The quantitative estimate of drug-likeness (QED) is 0.404. The number of rotatable bonds is 5. The largest absolute Gasteiger partial charge is 0.494 e. The maximum atomic E-state index is 11.0. The van der Waals surface area contributed by atoms with E-state index in [1.807, 2.05) is 19.1 Å². The average molecular weight is 473 g/mol. The minimum atomic E-state index is -0.367. The monoisotopic (exact) mass is 473 g/mol. The minimum Gasteiger partial charge on any atom is -0.494 e. The number of fused-ring (bicyclic) bond motifs is 2. The van der Waals surface area contributed by atoms with Crippen molar-refractivity contribution in [2.45, 2.75) is 25.5 Å². The molecule has 0 fully saturated rings. The van der Waals surface area contributed by atoms with Gasteiger partial charge in [0.2, 0.25) is 0 Å². The first-order chi connectivity index (χ1) is 13.2. The Bertz CT molecular complexity index is 988. The predicted molar refractivity (Wildman–Crippen MR) is 115 cm³/mol. The number of anilines is 1. The minimum absolute atomic E-state index is 0.0635. The van der Waals surface area contributed by atoms with Gasteiger partial charge in [0, 0.05) is 27.2 Å². The highest BCUT2D eigenvalue weighted by molar-refractivity contribution is 14.1. The number of ether oxygens (including phenoxy) is 2. The second kappa shape index (κ2) is 7.76. The summed E-state index contributed by atoms with van der Waals surface area (Å²) in [6.45, 7) is 3.11. The highest BCUT2D eigenvalue weighted by Gasteiger charge is 2.32. The molecule has 1 heterocycles. The van der Waals surface area contributed by atoms with Crippen molar-refractivity contribution in [1.82, 2.24) is 0 Å². The first-order valence-electron chi connectivity index (χ1n) is 9.00. The molecular formula is C22H20INO3. The van der Waals surface area contributed by atoms with Crippen LogP contribution in [0.2, 0.25) is 0 Å². The molecule has 0 saturated carbocycles. The van der Waals surface area contributed by atoms with Crippen LogP contribution in [0, 0.1) is 3.57 Å². The summed E-state index contributed by atoms with van der Waals surface area (Å²) in [5, 5.41) is 5.67. The van der Waals surface area contributed by atoms with Crippen molar-refractivity contribution in [2.24, 2.45) is 0 Å². The molecule has 0 aromatic heterocycles. The van der Waals surface area contributed by atoms with Gasteiger partial charge in [0.15, 0.2) is 6.23 Å². The Morgan fingerprint density at radius 2 is 2.04 bits per heavy atom. The van der Waals surface area contributed by atoms with Crippen molar-refractivity contribution in [3.05, 3.63) is 69.3 Å². The molecule has 3 aromatic rings. The fourth-order valence-corrected chi connectivity index (χ4v) is 4.39. The van der Waals surface area contributed by atoms with Crippen LogP contribution in [0.25, 0.3) is 10.8 Å². The van der Waals surface area contributed by atoms with E-state index in [0.717, 1.165) is 17.0 Å². The molecule has 0 aliphatic carbocycles. The maximum absolute atomic E-state index is 11.0. The number of nitrogens with one attached hydrogen (secondary N) is 1. The average Bonchev–Trinajstić information content (AvgIpc) is 2.68. The number of carbonyl (C=O) groups excluding carboxylic acids is 1. The molecule has 1 aliphatic rings. The SMILES string of the molecule is CCOc1ccc2ccccc2c1C1CC(OC=O)Nc2ccc(I)cc21. The Kier molecular flexibility index (Phi) is 5.20. The third kappa shape index (κ3) is 3.48. The van der Waals surface area contributed by atoms with E-state index in [0.29, 0.717) is 19.5 Å². The standard InChI is InChI=1S/C22H20INO3/c1-2-26-20-10-7-14-5-3-4-6-16(14)22(20)18-12-21(27-13-25)24-19-9-8-15(23)11-17(18)19/h3-11,13,18,21,24H,2,12H2,1H3. The first-order valence-corrected chi connectivity index (χ1v) is 10.1. The molecule has 4 nitrogen and oxygen atoms in total. The van der Waals surface area contributed by atoms with Gasteiger partial charge in [0.25, 0.3) is 6.47 Å². The summed E-state index contributed by atoms with van der Waals surface area (Å²) in [7, 11) is 0. The zero-order valence-corrected chi connectivity index (χ0v) is 17.1. The molecule has 0 amide bonds. The molecule has 5 heteroatoms. The Balaban J connectivity index is 1.95. The predicted octanol–water partition coefficient (Wildman–Crippen LogP) is 5.29. The van der Waals surface area contributed by atoms with Crippen molar-refractivity contribution >= 4 is 45.5 Å². The third-order valence-corrected chi connectivity index (χ3v) is 5.63. The summed E-state index contributed by atoms with van der Waals surface area (Å²) < 4.78 is 12.5. The normalized spacial score (nSPS) is 18.4. The van der Waals surface area contributed by atoms with E-state index < -0.39 is 0 Å². The molecule has 2 unspecified atom stereocenters. The molecule has 1 N–H and O–H groups in total. The molecule has 4 rings (SSSR count). The molecule has 2 atom stereocenters. The Labute approximate surface area is 172 Å². The second-order valence-electron chi connectivity index (χ2n) is 6.52. The van der Waals surface area contributed by atoms with E-state index in [1.165, 1.54) is 19.9 Å². The molecular weight excluding hydrogens is 453 g/mol. The fraction of sp³-hybridized carbons (Fsp3) is 0.227. The molecule has 0 saturated heterocycles. The van der Waals surface area contributed by atoms with Crippen molar-refractivity contribution in [2.75, 3.05) is 11.9 Å². The Morgan fingerprint density at radius 1 is 1.19 bits per heavy atom. The topological polar surface area (TPSA) is 47.6 Å². The summed E-state index contributed by atoms with van der Waals surface area (Å²) in [5.74, 6) is 0.950. The summed E-state index contributed by atoms with van der Waals surface area (Å²) in [6, 6.07) is 18.8. The number of benzene rings is 3. The van der Waals surface area contributed by atoms with Crippen LogP contribution in [0.5, 0.6) is 5.75 Å². The van der Waals surface area contributed by atoms with Crippen molar-refractivity contribution in [3.63, 3.8) is 0 Å². The maximum Gasteiger partial charge on any atom is 0.294 e. The van der Waals surface area contributed by atoms with E-state index in [4.69, 9.17) is 9.47 Å². The fourth-order valence-electron chi connectivity index (χ4n) is 3.87. The highest BCUT2D eigenvalue weighted by Crippen LogP contribution is 2.45. The van der Waals surface area contributed by atoms with Crippen molar-refractivity contribution < 1.29 is 14.3 Å². The summed E-state index contributed by atoms with van der Waals surface area (Å²) >= 11 is 2.33. The van der Waals surface area contributed by atoms with Gasteiger partial charge in [0.05, 0.1) is 6.61 Å².